The number of amides is 1. The number of halogens is 1. The van der Waals surface area contributed by atoms with Gasteiger partial charge in [-0.2, -0.15) is 4.98 Å². The normalized spacial score (nSPS) is 15.9. The Morgan fingerprint density at radius 1 is 1.27 bits per heavy atom. The highest BCUT2D eigenvalue weighted by Gasteiger charge is 2.31. The van der Waals surface area contributed by atoms with Crippen LogP contribution in [0, 0.1) is 12.7 Å². The molecule has 40 heavy (non-hydrogen) atoms. The number of aryl methyl sites for hydroxylation is 1. The zero-order chi connectivity index (χ0) is 28.9. The number of sulfone groups is 1. The lowest BCUT2D eigenvalue weighted by Crippen LogP contribution is -2.54. The van der Waals surface area contributed by atoms with Crippen LogP contribution in [0.3, 0.4) is 0 Å². The van der Waals surface area contributed by atoms with Gasteiger partial charge in [-0.15, -0.1) is 11.3 Å². The highest BCUT2D eigenvalue weighted by atomic mass is 32.2. The van der Waals surface area contributed by atoms with Crippen molar-refractivity contribution in [3.63, 3.8) is 0 Å². The van der Waals surface area contributed by atoms with Gasteiger partial charge in [0.15, 0.2) is 21.3 Å². The van der Waals surface area contributed by atoms with Gasteiger partial charge in [0, 0.05) is 31.9 Å². The molecule has 1 aromatic carbocycles. The number of rotatable bonds is 5. The molecule has 0 radical (unpaired) electrons. The van der Waals surface area contributed by atoms with Crippen LogP contribution in [0.2, 0.25) is 0 Å². The number of thiazole rings is 1. The summed E-state index contributed by atoms with van der Waals surface area (Å²) in [5.74, 6) is -0.674. The maximum absolute atomic E-state index is 15.7. The standard InChI is InChI=1S/C26H26FN7O4S2/c1-5-19(35)32-9-10-33(15(3)12-32)24-16-11-17(27)20(22-23(28)29-13-39-22)30-25(16)34(26(36)31-24)21-14(2)7-6-8-18(21)40(4,37)38/h5-8,11,13,15H,1,9-10,12,28H2,2-4H3/t15-/m0/s1. The van der Waals surface area contributed by atoms with Crippen molar-refractivity contribution < 1.29 is 17.6 Å². The molecule has 4 heterocycles. The number of para-hydroxylation sites is 1. The van der Waals surface area contributed by atoms with Gasteiger partial charge in [-0.3, -0.25) is 4.79 Å². The van der Waals surface area contributed by atoms with E-state index in [0.29, 0.717) is 25.2 Å². The van der Waals surface area contributed by atoms with Crippen molar-refractivity contribution in [3.8, 4) is 16.3 Å². The molecular formula is C26H26FN7O4S2. The third-order valence-corrected chi connectivity index (χ3v) is 8.80. The zero-order valence-electron chi connectivity index (χ0n) is 22.0. The summed E-state index contributed by atoms with van der Waals surface area (Å²) in [6, 6.07) is 5.58. The van der Waals surface area contributed by atoms with Crippen LogP contribution in [0.25, 0.3) is 27.3 Å². The van der Waals surface area contributed by atoms with Gasteiger partial charge >= 0.3 is 5.69 Å². The lowest BCUT2D eigenvalue weighted by atomic mass is 10.1. The van der Waals surface area contributed by atoms with E-state index in [2.05, 4.69) is 21.5 Å². The number of nitrogens with two attached hydrogens (primary N) is 1. The Labute approximate surface area is 233 Å². The summed E-state index contributed by atoms with van der Waals surface area (Å²) in [6.45, 7) is 8.05. The van der Waals surface area contributed by atoms with Crippen LogP contribution in [0.5, 0.6) is 0 Å². The van der Waals surface area contributed by atoms with E-state index in [1.54, 1.807) is 24.0 Å². The number of benzene rings is 1. The first-order valence-corrected chi connectivity index (χ1v) is 15.0. The Bertz CT molecular complexity index is 1850. The predicted molar refractivity (Wildman–Crippen MR) is 152 cm³/mol. The van der Waals surface area contributed by atoms with E-state index in [-0.39, 0.29) is 55.8 Å². The average Bonchev–Trinajstić information content (AvgIpc) is 3.33. The number of fused-ring (bicyclic) bond motifs is 1. The summed E-state index contributed by atoms with van der Waals surface area (Å²) in [6.07, 6.45) is 2.28. The van der Waals surface area contributed by atoms with Gasteiger partial charge < -0.3 is 15.5 Å². The number of hydrogen-bond donors (Lipinski definition) is 1. The molecule has 14 heteroatoms. The second kappa shape index (κ2) is 10.1. The summed E-state index contributed by atoms with van der Waals surface area (Å²) in [7, 11) is -3.79. The smallest absolute Gasteiger partial charge is 0.355 e. The average molecular weight is 584 g/mol. The van der Waals surface area contributed by atoms with E-state index in [9.17, 15) is 18.0 Å². The van der Waals surface area contributed by atoms with Crippen molar-refractivity contribution in [1.29, 1.82) is 0 Å². The molecule has 4 aromatic rings. The molecule has 1 aliphatic heterocycles. The van der Waals surface area contributed by atoms with Crippen molar-refractivity contribution in [2.24, 2.45) is 0 Å². The number of aromatic nitrogens is 4. The molecule has 0 saturated carbocycles. The van der Waals surface area contributed by atoms with Gasteiger partial charge in [0.25, 0.3) is 0 Å². The van der Waals surface area contributed by atoms with Crippen molar-refractivity contribution in [1.82, 2.24) is 24.4 Å². The van der Waals surface area contributed by atoms with Crippen molar-refractivity contribution in [3.05, 3.63) is 64.3 Å². The minimum Gasteiger partial charge on any atom is -0.382 e. The first-order valence-electron chi connectivity index (χ1n) is 12.2. The Hall–Kier alpha value is -4.17. The molecular weight excluding hydrogens is 557 g/mol. The molecule has 11 nitrogen and oxygen atoms in total. The molecule has 1 saturated heterocycles. The fraction of sp³-hybridized carbons (Fsp3) is 0.269. The maximum atomic E-state index is 15.7. The van der Waals surface area contributed by atoms with Gasteiger partial charge in [-0.1, -0.05) is 18.7 Å². The fourth-order valence-electron chi connectivity index (χ4n) is 4.94. The van der Waals surface area contributed by atoms with E-state index in [1.807, 2.05) is 11.8 Å². The summed E-state index contributed by atoms with van der Waals surface area (Å²) in [4.78, 5) is 42.5. The van der Waals surface area contributed by atoms with Crippen LogP contribution in [0.1, 0.15) is 12.5 Å². The molecule has 1 fully saturated rings. The van der Waals surface area contributed by atoms with Gasteiger partial charge in [-0.05, 0) is 37.6 Å². The number of pyridine rings is 1. The second-order valence-electron chi connectivity index (χ2n) is 9.53. The van der Waals surface area contributed by atoms with Crippen molar-refractivity contribution in [2.75, 3.05) is 36.5 Å². The molecule has 1 atom stereocenters. The quantitative estimate of drug-likeness (QED) is 0.351. The number of hydrogen-bond acceptors (Lipinski definition) is 10. The van der Waals surface area contributed by atoms with Crippen molar-refractivity contribution >= 4 is 49.8 Å². The monoisotopic (exact) mass is 583 g/mol. The largest absolute Gasteiger partial charge is 0.382 e. The van der Waals surface area contributed by atoms with Gasteiger partial charge in [0.2, 0.25) is 5.91 Å². The van der Waals surface area contributed by atoms with Crippen LogP contribution in [-0.4, -0.2) is 70.7 Å². The Morgan fingerprint density at radius 3 is 2.65 bits per heavy atom. The van der Waals surface area contributed by atoms with Gasteiger partial charge in [-0.25, -0.2) is 32.1 Å². The third kappa shape index (κ3) is 4.62. The Balaban J connectivity index is 1.83. The Morgan fingerprint density at radius 2 is 2.02 bits per heavy atom. The Kier molecular flexibility index (Phi) is 6.92. The highest BCUT2D eigenvalue weighted by Crippen LogP contribution is 2.35. The lowest BCUT2D eigenvalue weighted by Gasteiger charge is -2.40. The van der Waals surface area contributed by atoms with E-state index >= 15 is 4.39 Å². The van der Waals surface area contributed by atoms with Crippen LogP contribution >= 0.6 is 11.3 Å². The van der Waals surface area contributed by atoms with Crippen LogP contribution in [0.4, 0.5) is 16.0 Å². The molecule has 0 bridgehead atoms. The summed E-state index contributed by atoms with van der Waals surface area (Å²) in [5.41, 5.74) is 7.08. The topological polar surface area (TPSA) is 144 Å². The zero-order valence-corrected chi connectivity index (χ0v) is 23.6. The number of piperazine rings is 1. The number of nitrogens with zero attached hydrogens (tertiary/aromatic N) is 6. The molecule has 0 spiro atoms. The summed E-state index contributed by atoms with van der Waals surface area (Å²) in [5, 5.41) is 0.196. The first kappa shape index (κ1) is 27.4. The number of anilines is 2. The van der Waals surface area contributed by atoms with E-state index in [1.165, 1.54) is 23.7 Å². The number of carbonyl (C=O) groups is 1. The maximum Gasteiger partial charge on any atom is 0.355 e. The molecule has 0 aliphatic carbocycles. The van der Waals surface area contributed by atoms with Crippen LogP contribution in [-0.2, 0) is 14.6 Å². The predicted octanol–water partition coefficient (Wildman–Crippen LogP) is 2.56. The van der Waals surface area contributed by atoms with E-state index < -0.39 is 21.3 Å². The molecule has 0 unspecified atom stereocenters. The van der Waals surface area contributed by atoms with E-state index in [0.717, 1.165) is 22.2 Å². The van der Waals surface area contributed by atoms with Gasteiger partial charge in [0.05, 0.1) is 26.4 Å². The van der Waals surface area contributed by atoms with Crippen LogP contribution in [0.15, 0.2) is 52.1 Å². The molecule has 2 N–H and O–H groups in total. The second-order valence-corrected chi connectivity index (χ2v) is 12.4. The van der Waals surface area contributed by atoms with Crippen LogP contribution < -0.4 is 16.3 Å². The minimum absolute atomic E-state index is 0.00944. The highest BCUT2D eigenvalue weighted by molar-refractivity contribution is 7.90. The molecule has 208 valence electrons. The molecule has 1 amide bonds. The number of nitrogen functional groups attached to an aromatic ring is 1. The molecule has 1 aliphatic rings. The number of carbonyl (C=O) groups excluding carboxylic acids is 1. The molecule has 5 rings (SSSR count). The minimum atomic E-state index is -3.79. The summed E-state index contributed by atoms with van der Waals surface area (Å²) < 4.78 is 42.3. The lowest BCUT2D eigenvalue weighted by molar-refractivity contribution is -0.126. The van der Waals surface area contributed by atoms with Gasteiger partial charge in [0.1, 0.15) is 17.3 Å². The summed E-state index contributed by atoms with van der Waals surface area (Å²) >= 11 is 1.09. The molecule has 3 aromatic heterocycles. The fourth-order valence-corrected chi connectivity index (χ4v) is 6.57. The first-order chi connectivity index (χ1) is 18.9. The van der Waals surface area contributed by atoms with E-state index in [4.69, 9.17) is 5.73 Å². The third-order valence-electron chi connectivity index (χ3n) is 6.82. The SMILES string of the molecule is C=CC(=O)N1CCN(c2nc(=O)n(-c3c(C)cccc3S(C)(=O)=O)c3nc(-c4scnc4N)c(F)cc23)[C@@H](C)C1. The van der Waals surface area contributed by atoms with Crippen molar-refractivity contribution in [2.45, 2.75) is 24.8 Å².